The molecule has 0 N–H and O–H groups in total. The highest BCUT2D eigenvalue weighted by molar-refractivity contribution is 6.01. The number of hydrogen-bond acceptors (Lipinski definition) is 5. The minimum Gasteiger partial charge on any atom is -1.00 e. The molecule has 1 aliphatic carbocycles. The van der Waals surface area contributed by atoms with Gasteiger partial charge in [-0.05, 0) is 55.5 Å². The van der Waals surface area contributed by atoms with Crippen LogP contribution >= 0.6 is 0 Å². The number of carbonyl (C=O) groups is 2. The molecule has 0 saturated carbocycles. The maximum Gasteiger partial charge on any atom is 0.269 e. The quantitative estimate of drug-likeness (QED) is 0.200. The summed E-state index contributed by atoms with van der Waals surface area (Å²) in [4.78, 5) is 36.1. The Morgan fingerprint density at radius 2 is 2.00 bits per heavy atom. The first-order valence-electron chi connectivity index (χ1n) is 10.8. The van der Waals surface area contributed by atoms with E-state index in [0.717, 1.165) is 40.8 Å². The molecule has 1 aromatic heterocycles. The predicted octanol–water partition coefficient (Wildman–Crippen LogP) is 1.13. The lowest BCUT2D eigenvalue weighted by atomic mass is 9.79. The second-order valence-electron chi connectivity index (χ2n) is 8.37. The standard InChI is InChI=1S/C26H25N2O5.BrH/c1-17(29)25-16-27(15-18-4-3-5-22(12-18)28(31)32)11-10-20(25)13-21-7-6-19-14-23(33-2)8-9-24(19)26(21)30;/h3-5,8-12,14,16,21H,6-7,13,15H2,1-2H3;1H/q+1;/p-1. The molecule has 1 atom stereocenters. The van der Waals surface area contributed by atoms with E-state index in [2.05, 4.69) is 0 Å². The summed E-state index contributed by atoms with van der Waals surface area (Å²) in [5, 5.41) is 11.0. The van der Waals surface area contributed by atoms with Gasteiger partial charge in [0.15, 0.2) is 30.5 Å². The number of ether oxygens (including phenoxy) is 1. The van der Waals surface area contributed by atoms with E-state index in [1.807, 2.05) is 35.0 Å². The van der Waals surface area contributed by atoms with Crippen LogP contribution in [0.2, 0.25) is 0 Å². The van der Waals surface area contributed by atoms with Crippen LogP contribution in [0.4, 0.5) is 5.69 Å². The fourth-order valence-corrected chi connectivity index (χ4v) is 4.43. The monoisotopic (exact) mass is 524 g/mol. The Bertz CT molecular complexity index is 1260. The van der Waals surface area contributed by atoms with Gasteiger partial charge < -0.3 is 21.7 Å². The molecule has 0 bridgehead atoms. The minimum atomic E-state index is -0.423. The molecule has 3 aromatic rings. The van der Waals surface area contributed by atoms with Crippen LogP contribution in [-0.4, -0.2) is 23.6 Å². The number of aromatic nitrogens is 1. The van der Waals surface area contributed by atoms with Gasteiger partial charge in [-0.25, -0.2) is 4.57 Å². The first-order chi connectivity index (χ1) is 15.9. The van der Waals surface area contributed by atoms with E-state index >= 15 is 0 Å². The summed E-state index contributed by atoms with van der Waals surface area (Å²) in [5.74, 6) is 0.584. The summed E-state index contributed by atoms with van der Waals surface area (Å²) in [5.41, 5.74) is 3.94. The lowest BCUT2D eigenvalue weighted by Gasteiger charge is -2.24. The Morgan fingerprint density at radius 3 is 2.71 bits per heavy atom. The maximum absolute atomic E-state index is 13.1. The van der Waals surface area contributed by atoms with E-state index < -0.39 is 4.92 Å². The smallest absolute Gasteiger partial charge is 0.269 e. The fourth-order valence-electron chi connectivity index (χ4n) is 4.43. The number of hydrogen-bond donors (Lipinski definition) is 0. The third-order valence-electron chi connectivity index (χ3n) is 6.15. The Labute approximate surface area is 208 Å². The number of non-ortho nitro benzene ring substituents is 1. The molecular weight excluding hydrogens is 500 g/mol. The second-order valence-corrected chi connectivity index (χ2v) is 8.37. The number of fused-ring (bicyclic) bond motifs is 1. The number of methoxy groups -OCH3 is 1. The third-order valence-corrected chi connectivity index (χ3v) is 6.15. The normalized spacial score (nSPS) is 14.6. The number of aryl methyl sites for hydroxylation is 1. The molecule has 34 heavy (non-hydrogen) atoms. The van der Waals surface area contributed by atoms with Crippen LogP contribution in [-0.2, 0) is 19.4 Å². The fraction of sp³-hybridized carbons (Fsp3) is 0.269. The molecule has 1 unspecified atom stereocenters. The Hall–Kier alpha value is -3.39. The molecule has 4 rings (SSSR count). The van der Waals surface area contributed by atoms with Crippen LogP contribution in [0.3, 0.4) is 0 Å². The highest BCUT2D eigenvalue weighted by Crippen LogP contribution is 2.31. The van der Waals surface area contributed by atoms with Crippen molar-refractivity contribution in [3.63, 3.8) is 0 Å². The lowest BCUT2D eigenvalue weighted by Crippen LogP contribution is -3.00. The highest BCUT2D eigenvalue weighted by atomic mass is 79.9. The first-order valence-corrected chi connectivity index (χ1v) is 10.8. The van der Waals surface area contributed by atoms with Crippen LogP contribution in [0.25, 0.3) is 0 Å². The molecule has 8 heteroatoms. The van der Waals surface area contributed by atoms with Crippen molar-refractivity contribution in [3.05, 3.63) is 98.9 Å². The molecule has 2 aromatic carbocycles. The van der Waals surface area contributed by atoms with Gasteiger partial charge in [-0.1, -0.05) is 12.1 Å². The molecule has 0 radical (unpaired) electrons. The molecule has 0 spiro atoms. The molecule has 0 fully saturated rings. The second kappa shape index (κ2) is 10.7. The summed E-state index contributed by atoms with van der Waals surface area (Å²) < 4.78 is 7.10. The number of rotatable bonds is 7. The van der Waals surface area contributed by atoms with Gasteiger partial charge in [-0.2, -0.15) is 0 Å². The zero-order chi connectivity index (χ0) is 23.5. The van der Waals surface area contributed by atoms with E-state index in [0.29, 0.717) is 18.5 Å². The van der Waals surface area contributed by atoms with Gasteiger partial charge in [0, 0.05) is 35.2 Å². The number of nitro groups is 1. The summed E-state index contributed by atoms with van der Waals surface area (Å²) in [7, 11) is 1.61. The minimum absolute atomic E-state index is 0. The van der Waals surface area contributed by atoms with Crippen LogP contribution in [0.5, 0.6) is 5.75 Å². The van der Waals surface area contributed by atoms with Crippen molar-refractivity contribution in [1.29, 1.82) is 0 Å². The van der Waals surface area contributed by atoms with Gasteiger partial charge >= 0.3 is 0 Å². The van der Waals surface area contributed by atoms with Gasteiger partial charge in [0.05, 0.1) is 17.6 Å². The van der Waals surface area contributed by atoms with E-state index in [1.165, 1.54) is 19.1 Å². The SMILES string of the molecule is COc1ccc2c(c1)CCC(Cc1cc[n+](Cc3cccc([N+](=O)[O-])c3)cc1C(C)=O)C2=O.[Br-]. The summed E-state index contributed by atoms with van der Waals surface area (Å²) >= 11 is 0. The van der Waals surface area contributed by atoms with Crippen molar-refractivity contribution in [2.75, 3.05) is 7.11 Å². The van der Waals surface area contributed by atoms with Crippen molar-refractivity contribution < 1.29 is 40.8 Å². The van der Waals surface area contributed by atoms with Crippen LogP contribution in [0.1, 0.15) is 50.8 Å². The molecule has 1 heterocycles. The molecular formula is C26H25BrN2O5. The molecule has 176 valence electrons. The largest absolute Gasteiger partial charge is 1.00 e. The van der Waals surface area contributed by atoms with Crippen LogP contribution < -0.4 is 26.3 Å². The molecule has 0 aliphatic heterocycles. The number of pyridine rings is 1. The molecule has 7 nitrogen and oxygen atoms in total. The maximum atomic E-state index is 13.1. The van der Waals surface area contributed by atoms with Crippen LogP contribution in [0, 0.1) is 16.0 Å². The van der Waals surface area contributed by atoms with Crippen molar-refractivity contribution in [1.82, 2.24) is 0 Å². The zero-order valence-corrected chi connectivity index (χ0v) is 20.6. The number of nitrogens with zero attached hydrogens (tertiary/aromatic N) is 2. The number of ketones is 2. The van der Waals surface area contributed by atoms with E-state index in [4.69, 9.17) is 4.74 Å². The third kappa shape index (κ3) is 5.39. The number of Topliss-reactive ketones (excluding diaryl/α,β-unsaturated/α-hetero) is 2. The lowest BCUT2D eigenvalue weighted by molar-refractivity contribution is -0.688. The number of nitro benzene ring substituents is 1. The number of carbonyl (C=O) groups excluding carboxylic acids is 2. The predicted molar refractivity (Wildman–Crippen MR) is 122 cm³/mol. The first kappa shape index (κ1) is 25.2. The van der Waals surface area contributed by atoms with Gasteiger partial charge in [0.1, 0.15) is 5.75 Å². The zero-order valence-electron chi connectivity index (χ0n) is 19.0. The molecule has 0 amide bonds. The van der Waals surface area contributed by atoms with Gasteiger partial charge in [-0.15, -0.1) is 0 Å². The van der Waals surface area contributed by atoms with Gasteiger partial charge in [-0.3, -0.25) is 19.7 Å². The van der Waals surface area contributed by atoms with E-state index in [1.54, 1.807) is 25.4 Å². The van der Waals surface area contributed by atoms with Crippen molar-refractivity contribution in [2.45, 2.75) is 32.7 Å². The number of halogens is 1. The van der Waals surface area contributed by atoms with E-state index in [9.17, 15) is 19.7 Å². The average Bonchev–Trinajstić information content (AvgIpc) is 2.81. The summed E-state index contributed by atoms with van der Waals surface area (Å²) in [6, 6.07) is 13.9. The average molecular weight is 525 g/mol. The Kier molecular flexibility index (Phi) is 7.94. The van der Waals surface area contributed by atoms with Crippen molar-refractivity contribution >= 4 is 17.3 Å². The Balaban J connectivity index is 0.00000324. The van der Waals surface area contributed by atoms with Gasteiger partial charge in [0.25, 0.3) is 5.69 Å². The molecule has 1 aliphatic rings. The highest BCUT2D eigenvalue weighted by Gasteiger charge is 2.29. The topological polar surface area (TPSA) is 90.4 Å². The van der Waals surface area contributed by atoms with Crippen LogP contribution in [0.15, 0.2) is 60.9 Å². The Morgan fingerprint density at radius 1 is 1.21 bits per heavy atom. The van der Waals surface area contributed by atoms with Gasteiger partial charge in [0.2, 0.25) is 0 Å². The van der Waals surface area contributed by atoms with E-state index in [-0.39, 0.29) is 40.2 Å². The number of benzene rings is 2. The summed E-state index contributed by atoms with van der Waals surface area (Å²) in [6.45, 7) is 1.92. The van der Waals surface area contributed by atoms with Crippen molar-refractivity contribution in [3.8, 4) is 5.75 Å². The van der Waals surface area contributed by atoms with Crippen molar-refractivity contribution in [2.24, 2.45) is 5.92 Å². The molecule has 0 saturated heterocycles. The summed E-state index contributed by atoms with van der Waals surface area (Å²) in [6.07, 6.45) is 5.63.